The molecule has 56 valence electrons. The van der Waals surface area contributed by atoms with Crippen molar-refractivity contribution in [2.24, 2.45) is 0 Å². The average Bonchev–Trinajstić information content (AvgIpc) is 2.07. The minimum Gasteiger partial charge on any atom is -0.0991 e. The molecule has 0 aromatic heterocycles. The zero-order chi connectivity index (χ0) is 8.10. The molecule has 0 spiro atoms. The maximum absolute atomic E-state index is 3.65. The second-order valence-electron chi connectivity index (χ2n) is 2.45. The maximum atomic E-state index is 3.65. The first kappa shape index (κ1) is 7.80. The molecular formula is C11H12. The van der Waals surface area contributed by atoms with Crippen LogP contribution in [0, 0.1) is 0 Å². The quantitative estimate of drug-likeness (QED) is 0.559. The zero-order valence-corrected chi connectivity index (χ0v) is 6.75. The molecular weight excluding hydrogens is 132 g/mol. The molecule has 1 aromatic carbocycles. The predicted octanol–water partition coefficient (Wildman–Crippen LogP) is 3.28. The van der Waals surface area contributed by atoms with Crippen molar-refractivity contribution in [3.05, 3.63) is 54.6 Å². The van der Waals surface area contributed by atoms with Gasteiger partial charge in [-0.25, -0.2) is 0 Å². The van der Waals surface area contributed by atoms with E-state index in [-0.39, 0.29) is 0 Å². The van der Waals surface area contributed by atoms with Crippen LogP contribution in [-0.2, 0) is 0 Å². The molecule has 0 unspecified atom stereocenters. The second kappa shape index (κ2) is 3.77. The zero-order valence-electron chi connectivity index (χ0n) is 6.75. The molecule has 0 heteroatoms. The molecule has 11 heavy (non-hydrogen) atoms. The molecule has 1 rings (SSSR count). The highest BCUT2D eigenvalue weighted by Gasteiger charge is 1.89. The molecule has 0 N–H and O–H groups in total. The summed E-state index contributed by atoms with van der Waals surface area (Å²) >= 11 is 0. The molecule has 0 saturated carbocycles. The Morgan fingerprint density at radius 2 is 1.91 bits per heavy atom. The van der Waals surface area contributed by atoms with E-state index < -0.39 is 0 Å². The first-order valence-corrected chi connectivity index (χ1v) is 3.69. The van der Waals surface area contributed by atoms with Crippen molar-refractivity contribution >= 4 is 5.57 Å². The summed E-state index contributed by atoms with van der Waals surface area (Å²) in [6.45, 7) is 5.73. The first-order valence-electron chi connectivity index (χ1n) is 3.69. The lowest BCUT2D eigenvalue weighted by atomic mass is 10.1. The summed E-state index contributed by atoms with van der Waals surface area (Å²) in [6.07, 6.45) is 3.82. The molecule has 0 saturated heterocycles. The predicted molar refractivity (Wildman–Crippen MR) is 50.3 cm³/mol. The number of rotatable bonds is 2. The number of hydrogen-bond acceptors (Lipinski definition) is 0. The highest BCUT2D eigenvalue weighted by molar-refractivity contribution is 5.64. The molecule has 0 fully saturated rings. The van der Waals surface area contributed by atoms with Gasteiger partial charge in [-0.05, 0) is 18.1 Å². The lowest BCUT2D eigenvalue weighted by molar-refractivity contribution is 1.57. The van der Waals surface area contributed by atoms with Gasteiger partial charge >= 0.3 is 0 Å². The summed E-state index contributed by atoms with van der Waals surface area (Å²) < 4.78 is 0. The summed E-state index contributed by atoms with van der Waals surface area (Å²) in [5.41, 5.74) is 2.51. The van der Waals surface area contributed by atoms with E-state index >= 15 is 0 Å². The van der Waals surface area contributed by atoms with Crippen molar-refractivity contribution in [3.63, 3.8) is 0 Å². The van der Waals surface area contributed by atoms with E-state index in [1.165, 1.54) is 11.1 Å². The van der Waals surface area contributed by atoms with Gasteiger partial charge in [-0.2, -0.15) is 0 Å². The number of hydrogen-bond donors (Lipinski definition) is 0. The van der Waals surface area contributed by atoms with Crippen LogP contribution in [-0.4, -0.2) is 0 Å². The minimum atomic E-state index is 1.25. The molecule has 0 heterocycles. The third-order valence-corrected chi connectivity index (χ3v) is 1.60. The average molecular weight is 144 g/mol. The second-order valence-corrected chi connectivity index (χ2v) is 2.45. The van der Waals surface area contributed by atoms with Gasteiger partial charge in [0.15, 0.2) is 0 Å². The van der Waals surface area contributed by atoms with Crippen molar-refractivity contribution in [2.45, 2.75) is 6.92 Å². The highest BCUT2D eigenvalue weighted by Crippen LogP contribution is 2.11. The van der Waals surface area contributed by atoms with Gasteiger partial charge < -0.3 is 0 Å². The third-order valence-electron chi connectivity index (χ3n) is 1.60. The summed E-state index contributed by atoms with van der Waals surface area (Å²) in [5, 5.41) is 0. The van der Waals surface area contributed by atoms with Crippen molar-refractivity contribution in [1.82, 2.24) is 0 Å². The van der Waals surface area contributed by atoms with Crippen molar-refractivity contribution in [3.8, 4) is 0 Å². The summed E-state index contributed by atoms with van der Waals surface area (Å²) in [7, 11) is 0. The SMILES string of the molecule is C=C/C=C(\C)c1ccccc1. The van der Waals surface area contributed by atoms with Crippen LogP contribution in [0.3, 0.4) is 0 Å². The van der Waals surface area contributed by atoms with E-state index in [1.54, 1.807) is 0 Å². The standard InChI is InChI=1S/C11H12/c1-3-7-10(2)11-8-5-4-6-9-11/h3-9H,1H2,2H3/b10-7+. The molecule has 0 bridgehead atoms. The summed E-state index contributed by atoms with van der Waals surface area (Å²) in [6, 6.07) is 10.3. The van der Waals surface area contributed by atoms with Gasteiger partial charge in [-0.15, -0.1) is 0 Å². The van der Waals surface area contributed by atoms with Gasteiger partial charge in [-0.1, -0.05) is 49.1 Å². The van der Waals surface area contributed by atoms with Crippen LogP contribution in [0.1, 0.15) is 12.5 Å². The van der Waals surface area contributed by atoms with Gasteiger partial charge in [0.2, 0.25) is 0 Å². The molecule has 0 aliphatic rings. The largest absolute Gasteiger partial charge is 0.0991 e. The van der Waals surface area contributed by atoms with Gasteiger partial charge in [0.05, 0.1) is 0 Å². The maximum Gasteiger partial charge on any atom is -0.0227 e. The lowest BCUT2D eigenvalue weighted by Crippen LogP contribution is -1.75. The van der Waals surface area contributed by atoms with Crippen molar-refractivity contribution in [1.29, 1.82) is 0 Å². The van der Waals surface area contributed by atoms with Crippen LogP contribution in [0.5, 0.6) is 0 Å². The summed E-state index contributed by atoms with van der Waals surface area (Å²) in [5.74, 6) is 0. The Balaban J connectivity index is 2.94. The Bertz CT molecular complexity index is 255. The van der Waals surface area contributed by atoms with Crippen LogP contribution in [0.25, 0.3) is 5.57 Å². The Kier molecular flexibility index (Phi) is 2.67. The topological polar surface area (TPSA) is 0 Å². The number of allylic oxidation sites excluding steroid dienone is 3. The molecule has 0 aliphatic carbocycles. The summed E-state index contributed by atoms with van der Waals surface area (Å²) in [4.78, 5) is 0. The molecule has 0 atom stereocenters. The van der Waals surface area contributed by atoms with Crippen molar-refractivity contribution in [2.75, 3.05) is 0 Å². The molecule has 0 radical (unpaired) electrons. The first-order chi connectivity index (χ1) is 5.34. The molecule has 1 aromatic rings. The van der Waals surface area contributed by atoms with Crippen LogP contribution in [0.4, 0.5) is 0 Å². The van der Waals surface area contributed by atoms with Crippen molar-refractivity contribution < 1.29 is 0 Å². The monoisotopic (exact) mass is 144 g/mol. The Morgan fingerprint density at radius 3 is 2.45 bits per heavy atom. The van der Waals surface area contributed by atoms with E-state index in [0.717, 1.165) is 0 Å². The van der Waals surface area contributed by atoms with Gasteiger partial charge in [0.25, 0.3) is 0 Å². The molecule has 0 nitrogen and oxygen atoms in total. The third kappa shape index (κ3) is 2.08. The van der Waals surface area contributed by atoms with Gasteiger partial charge in [-0.3, -0.25) is 0 Å². The van der Waals surface area contributed by atoms with Crippen LogP contribution < -0.4 is 0 Å². The van der Waals surface area contributed by atoms with E-state index in [1.807, 2.05) is 30.4 Å². The fourth-order valence-corrected chi connectivity index (χ4v) is 0.974. The van der Waals surface area contributed by atoms with Gasteiger partial charge in [0, 0.05) is 0 Å². The van der Waals surface area contributed by atoms with E-state index in [2.05, 4.69) is 25.6 Å². The number of benzene rings is 1. The fraction of sp³-hybridized carbons (Fsp3) is 0.0909. The fourth-order valence-electron chi connectivity index (χ4n) is 0.974. The minimum absolute atomic E-state index is 1.25. The molecule has 0 amide bonds. The highest BCUT2D eigenvalue weighted by atomic mass is 13.9. The Hall–Kier alpha value is -1.30. The normalized spacial score (nSPS) is 11.2. The smallest absolute Gasteiger partial charge is 0.0227 e. The van der Waals surface area contributed by atoms with E-state index in [0.29, 0.717) is 0 Å². The molecule has 0 aliphatic heterocycles. The van der Waals surface area contributed by atoms with Gasteiger partial charge in [0.1, 0.15) is 0 Å². The Labute approximate surface area is 67.9 Å². The van der Waals surface area contributed by atoms with Crippen LogP contribution in [0.15, 0.2) is 49.1 Å². The van der Waals surface area contributed by atoms with E-state index in [4.69, 9.17) is 0 Å². The van der Waals surface area contributed by atoms with Crippen LogP contribution in [0.2, 0.25) is 0 Å². The van der Waals surface area contributed by atoms with E-state index in [9.17, 15) is 0 Å². The Morgan fingerprint density at radius 1 is 1.27 bits per heavy atom. The van der Waals surface area contributed by atoms with Crippen LogP contribution >= 0.6 is 0 Å². The lowest BCUT2D eigenvalue weighted by Gasteiger charge is -1.97.